The van der Waals surface area contributed by atoms with Crippen LogP contribution in [0.1, 0.15) is 24.9 Å². The summed E-state index contributed by atoms with van der Waals surface area (Å²) in [6.45, 7) is 4.83. The van der Waals surface area contributed by atoms with Gasteiger partial charge in [-0.05, 0) is 30.7 Å². The highest BCUT2D eigenvalue weighted by molar-refractivity contribution is 5.72. The van der Waals surface area contributed by atoms with E-state index in [2.05, 4.69) is 17.2 Å². The van der Waals surface area contributed by atoms with Gasteiger partial charge in [-0.3, -0.25) is 4.98 Å². The van der Waals surface area contributed by atoms with Crippen molar-refractivity contribution in [1.29, 1.82) is 0 Å². The van der Waals surface area contributed by atoms with Crippen molar-refractivity contribution in [3.63, 3.8) is 0 Å². The second kappa shape index (κ2) is 6.43. The van der Waals surface area contributed by atoms with Gasteiger partial charge >= 0.3 is 5.76 Å². The number of H-pyrrole nitrogens is 1. The monoisotopic (exact) mass is 292 g/mol. The average molecular weight is 292 g/mol. The van der Waals surface area contributed by atoms with Crippen molar-refractivity contribution in [2.75, 3.05) is 26.4 Å². The van der Waals surface area contributed by atoms with Gasteiger partial charge in [0.2, 0.25) is 0 Å². The highest BCUT2D eigenvalue weighted by Crippen LogP contribution is 2.24. The summed E-state index contributed by atoms with van der Waals surface area (Å²) in [5, 5.41) is 3.49. The molecule has 0 saturated carbocycles. The van der Waals surface area contributed by atoms with Gasteiger partial charge in [0.05, 0.1) is 31.4 Å². The summed E-state index contributed by atoms with van der Waals surface area (Å²) in [5.74, 6) is -0.433. The molecule has 21 heavy (non-hydrogen) atoms. The van der Waals surface area contributed by atoms with E-state index < -0.39 is 5.76 Å². The molecule has 0 spiro atoms. The van der Waals surface area contributed by atoms with Crippen molar-refractivity contribution < 1.29 is 13.9 Å². The number of benzene rings is 1. The summed E-state index contributed by atoms with van der Waals surface area (Å²) in [5.41, 5.74) is 2.31. The maximum atomic E-state index is 11.3. The lowest BCUT2D eigenvalue weighted by atomic mass is 10.0. The Hall–Kier alpha value is -1.63. The van der Waals surface area contributed by atoms with Crippen LogP contribution in [0.5, 0.6) is 0 Å². The molecule has 0 aliphatic carbocycles. The smallest absolute Gasteiger partial charge is 0.408 e. The van der Waals surface area contributed by atoms with Gasteiger partial charge in [-0.2, -0.15) is 0 Å². The molecule has 114 valence electrons. The molecule has 3 rings (SSSR count). The van der Waals surface area contributed by atoms with Crippen LogP contribution in [-0.2, 0) is 9.47 Å². The van der Waals surface area contributed by atoms with Crippen LogP contribution in [-0.4, -0.2) is 37.5 Å². The first-order chi connectivity index (χ1) is 10.3. The Labute approximate surface area is 122 Å². The van der Waals surface area contributed by atoms with Crippen LogP contribution in [0.4, 0.5) is 0 Å². The van der Waals surface area contributed by atoms with Crippen molar-refractivity contribution in [3.05, 3.63) is 34.3 Å². The van der Waals surface area contributed by atoms with Gasteiger partial charge in [-0.15, -0.1) is 0 Å². The first-order valence-corrected chi connectivity index (χ1v) is 7.33. The molecular formula is C15H20N2O4. The van der Waals surface area contributed by atoms with Gasteiger partial charge in [-0.1, -0.05) is 13.0 Å². The van der Waals surface area contributed by atoms with E-state index in [0.29, 0.717) is 30.9 Å². The Morgan fingerprint density at radius 1 is 1.43 bits per heavy atom. The lowest BCUT2D eigenvalue weighted by Gasteiger charge is -2.31. The third-order valence-electron chi connectivity index (χ3n) is 3.63. The minimum absolute atomic E-state index is 0.0230. The van der Waals surface area contributed by atoms with E-state index in [-0.39, 0.29) is 12.1 Å². The zero-order valence-electron chi connectivity index (χ0n) is 12.1. The second-order valence-electron chi connectivity index (χ2n) is 5.19. The molecule has 1 saturated heterocycles. The summed E-state index contributed by atoms with van der Waals surface area (Å²) in [7, 11) is 0. The van der Waals surface area contributed by atoms with E-state index in [4.69, 9.17) is 13.9 Å². The SMILES string of the molecule is CCCNC(c1ccc2[nH]c(=O)oc2c1)C1COCCO1. The summed E-state index contributed by atoms with van der Waals surface area (Å²) in [6, 6.07) is 5.76. The Balaban J connectivity index is 1.89. The number of ether oxygens (including phenoxy) is 2. The summed E-state index contributed by atoms with van der Waals surface area (Å²) < 4.78 is 16.5. The minimum atomic E-state index is -0.433. The van der Waals surface area contributed by atoms with Crippen LogP contribution < -0.4 is 11.1 Å². The molecule has 1 aromatic heterocycles. The minimum Gasteiger partial charge on any atom is -0.408 e. The van der Waals surface area contributed by atoms with E-state index in [1.807, 2.05) is 18.2 Å². The zero-order valence-corrected chi connectivity index (χ0v) is 12.1. The molecule has 2 N–H and O–H groups in total. The molecule has 1 fully saturated rings. The van der Waals surface area contributed by atoms with Crippen molar-refractivity contribution >= 4 is 11.1 Å². The van der Waals surface area contributed by atoms with Crippen LogP contribution in [0.3, 0.4) is 0 Å². The molecule has 2 unspecified atom stereocenters. The van der Waals surface area contributed by atoms with Crippen molar-refractivity contribution in [2.24, 2.45) is 0 Å². The third kappa shape index (κ3) is 3.18. The van der Waals surface area contributed by atoms with Gasteiger partial charge < -0.3 is 19.2 Å². The first-order valence-electron chi connectivity index (χ1n) is 7.33. The average Bonchev–Trinajstić information content (AvgIpc) is 2.88. The van der Waals surface area contributed by atoms with Crippen molar-refractivity contribution in [3.8, 4) is 0 Å². The Bertz CT molecular complexity index is 642. The molecule has 6 heteroatoms. The normalized spacial score (nSPS) is 20.7. The number of oxazole rings is 1. The van der Waals surface area contributed by atoms with Gasteiger partial charge in [0.25, 0.3) is 0 Å². The summed E-state index contributed by atoms with van der Waals surface area (Å²) in [6.07, 6.45) is 0.999. The number of aromatic amines is 1. The second-order valence-corrected chi connectivity index (χ2v) is 5.19. The molecule has 1 aromatic carbocycles. The summed E-state index contributed by atoms with van der Waals surface area (Å²) >= 11 is 0. The molecule has 6 nitrogen and oxygen atoms in total. The van der Waals surface area contributed by atoms with Crippen LogP contribution in [0.2, 0.25) is 0 Å². The van der Waals surface area contributed by atoms with E-state index in [1.165, 1.54) is 0 Å². The van der Waals surface area contributed by atoms with Crippen LogP contribution in [0.15, 0.2) is 27.4 Å². The van der Waals surface area contributed by atoms with Crippen molar-refractivity contribution in [2.45, 2.75) is 25.5 Å². The molecule has 0 bridgehead atoms. The number of hydrogen-bond acceptors (Lipinski definition) is 5. The predicted octanol–water partition coefficient (Wildman–Crippen LogP) is 1.58. The molecule has 1 aliphatic heterocycles. The van der Waals surface area contributed by atoms with Gasteiger partial charge in [0, 0.05) is 0 Å². The third-order valence-corrected chi connectivity index (χ3v) is 3.63. The number of fused-ring (bicyclic) bond motifs is 1. The van der Waals surface area contributed by atoms with E-state index in [1.54, 1.807) is 0 Å². The number of nitrogens with one attached hydrogen (secondary N) is 2. The maximum absolute atomic E-state index is 11.3. The van der Waals surface area contributed by atoms with Crippen molar-refractivity contribution in [1.82, 2.24) is 10.3 Å². The molecule has 2 aromatic rings. The number of rotatable bonds is 5. The Kier molecular flexibility index (Phi) is 4.38. The lowest BCUT2D eigenvalue weighted by Crippen LogP contribution is -2.40. The predicted molar refractivity (Wildman–Crippen MR) is 78.4 cm³/mol. The first kappa shape index (κ1) is 14.3. The fourth-order valence-corrected chi connectivity index (χ4v) is 2.62. The molecule has 2 atom stereocenters. The van der Waals surface area contributed by atoms with Gasteiger partial charge in [-0.25, -0.2) is 4.79 Å². The molecule has 2 heterocycles. The Morgan fingerprint density at radius 2 is 2.33 bits per heavy atom. The quantitative estimate of drug-likeness (QED) is 0.875. The Morgan fingerprint density at radius 3 is 3.10 bits per heavy atom. The van der Waals surface area contributed by atoms with Gasteiger partial charge in [0.15, 0.2) is 5.58 Å². The molecular weight excluding hydrogens is 272 g/mol. The topological polar surface area (TPSA) is 76.5 Å². The molecule has 0 amide bonds. The highest BCUT2D eigenvalue weighted by Gasteiger charge is 2.26. The van der Waals surface area contributed by atoms with Gasteiger partial charge in [0.1, 0.15) is 6.10 Å². The largest absolute Gasteiger partial charge is 0.417 e. The number of hydrogen-bond donors (Lipinski definition) is 2. The fraction of sp³-hybridized carbons (Fsp3) is 0.533. The van der Waals surface area contributed by atoms with E-state index >= 15 is 0 Å². The van der Waals surface area contributed by atoms with Crippen LogP contribution in [0.25, 0.3) is 11.1 Å². The highest BCUT2D eigenvalue weighted by atomic mass is 16.6. The fourth-order valence-electron chi connectivity index (χ4n) is 2.62. The molecule has 0 radical (unpaired) electrons. The van der Waals surface area contributed by atoms with Crippen LogP contribution in [0, 0.1) is 0 Å². The lowest BCUT2D eigenvalue weighted by molar-refractivity contribution is -0.102. The summed E-state index contributed by atoms with van der Waals surface area (Å²) in [4.78, 5) is 13.9. The standard InChI is InChI=1S/C15H20N2O4/c1-2-5-16-14(13-9-19-6-7-20-13)10-3-4-11-12(8-10)21-15(18)17-11/h3-4,8,13-14,16H,2,5-7,9H2,1H3,(H,17,18). The zero-order chi connectivity index (χ0) is 14.7. The maximum Gasteiger partial charge on any atom is 0.417 e. The van der Waals surface area contributed by atoms with E-state index in [0.717, 1.165) is 18.5 Å². The number of aromatic nitrogens is 1. The van der Waals surface area contributed by atoms with Crippen LogP contribution >= 0.6 is 0 Å². The molecule has 1 aliphatic rings. The van der Waals surface area contributed by atoms with E-state index in [9.17, 15) is 4.79 Å².